The van der Waals surface area contributed by atoms with E-state index >= 15 is 0 Å². The third kappa shape index (κ3) is 4.03. The van der Waals surface area contributed by atoms with Crippen LogP contribution in [-0.4, -0.2) is 37.7 Å². The molecule has 31 heavy (non-hydrogen) atoms. The third-order valence-electron chi connectivity index (χ3n) is 5.58. The van der Waals surface area contributed by atoms with E-state index in [1.807, 2.05) is 30.6 Å². The number of nitrogens with zero attached hydrogens (tertiary/aromatic N) is 5. The van der Waals surface area contributed by atoms with Gasteiger partial charge in [-0.25, -0.2) is 9.67 Å². The quantitative estimate of drug-likeness (QED) is 0.458. The zero-order valence-corrected chi connectivity index (χ0v) is 16.7. The molecular weight excluding hydrogens is 403 g/mol. The Morgan fingerprint density at radius 2 is 1.71 bits per heavy atom. The summed E-state index contributed by atoms with van der Waals surface area (Å²) in [4.78, 5) is 10.4. The molecule has 0 bridgehead atoms. The zero-order valence-electron chi connectivity index (χ0n) is 16.7. The lowest BCUT2D eigenvalue weighted by Crippen LogP contribution is -2.18. The lowest BCUT2D eigenvalue weighted by Gasteiger charge is -2.14. The molecule has 0 saturated carbocycles. The number of pyridine rings is 2. The summed E-state index contributed by atoms with van der Waals surface area (Å²) < 4.78 is 39.9. The Hall–Kier alpha value is -3.26. The second-order valence-corrected chi connectivity index (χ2v) is 7.79. The minimum atomic E-state index is -4.46. The van der Waals surface area contributed by atoms with Gasteiger partial charge >= 0.3 is 6.18 Å². The standard InChI is InChI=1S/C23H20F3N5/c24-23(25,26)22-6-4-20(14-28-22)31-21-5-3-17(10-19(21)13-29-31)18-9-16(11-27-12-18)15-30-7-1-2-8-30/h3-6,9-14H,1-2,7-8,15H2. The van der Waals surface area contributed by atoms with Gasteiger partial charge in [0.05, 0.1) is 23.6 Å². The van der Waals surface area contributed by atoms with Gasteiger partial charge in [0.15, 0.2) is 0 Å². The van der Waals surface area contributed by atoms with Crippen LogP contribution in [0.25, 0.3) is 27.7 Å². The van der Waals surface area contributed by atoms with Crippen LogP contribution in [0.2, 0.25) is 0 Å². The molecule has 1 aliphatic heterocycles. The Morgan fingerprint density at radius 1 is 0.871 bits per heavy atom. The van der Waals surface area contributed by atoms with Gasteiger partial charge in [0, 0.05) is 29.9 Å². The van der Waals surface area contributed by atoms with Crippen molar-refractivity contribution in [2.75, 3.05) is 13.1 Å². The maximum absolute atomic E-state index is 12.8. The summed E-state index contributed by atoms with van der Waals surface area (Å²) in [7, 11) is 0. The highest BCUT2D eigenvalue weighted by atomic mass is 19.4. The number of alkyl halides is 3. The molecule has 1 aliphatic rings. The minimum absolute atomic E-state index is 0.477. The van der Waals surface area contributed by atoms with Gasteiger partial charge in [0.1, 0.15) is 5.69 Å². The highest BCUT2D eigenvalue weighted by molar-refractivity contribution is 5.85. The molecule has 1 saturated heterocycles. The topological polar surface area (TPSA) is 46.8 Å². The predicted octanol–water partition coefficient (Wildman–Crippen LogP) is 5.10. The van der Waals surface area contributed by atoms with Crippen LogP contribution in [0, 0.1) is 0 Å². The van der Waals surface area contributed by atoms with E-state index in [1.54, 1.807) is 10.9 Å². The number of fused-ring (bicyclic) bond motifs is 1. The average Bonchev–Trinajstić information content (AvgIpc) is 3.43. The molecule has 3 aromatic heterocycles. The van der Waals surface area contributed by atoms with Crippen LogP contribution in [0.15, 0.2) is 61.2 Å². The van der Waals surface area contributed by atoms with Crippen molar-refractivity contribution in [1.82, 2.24) is 24.6 Å². The lowest BCUT2D eigenvalue weighted by atomic mass is 10.0. The number of rotatable bonds is 4. The maximum atomic E-state index is 12.8. The third-order valence-corrected chi connectivity index (χ3v) is 5.58. The van der Waals surface area contributed by atoms with Gasteiger partial charge in [-0.3, -0.25) is 9.88 Å². The SMILES string of the molecule is FC(F)(F)c1ccc(-n2ncc3cc(-c4cncc(CN5CCCC5)c4)ccc32)cn1. The maximum Gasteiger partial charge on any atom is 0.433 e. The van der Waals surface area contributed by atoms with Gasteiger partial charge in [-0.2, -0.15) is 18.3 Å². The van der Waals surface area contributed by atoms with E-state index in [2.05, 4.69) is 26.0 Å². The van der Waals surface area contributed by atoms with E-state index in [9.17, 15) is 13.2 Å². The van der Waals surface area contributed by atoms with E-state index in [1.165, 1.54) is 30.7 Å². The first kappa shape index (κ1) is 19.7. The van der Waals surface area contributed by atoms with Gasteiger partial charge in [0.25, 0.3) is 0 Å². The molecule has 5 nitrogen and oxygen atoms in total. The fraction of sp³-hybridized carbons (Fsp3) is 0.261. The van der Waals surface area contributed by atoms with E-state index < -0.39 is 11.9 Å². The van der Waals surface area contributed by atoms with Crippen LogP contribution in [0.5, 0.6) is 0 Å². The molecule has 8 heteroatoms. The number of hydrogen-bond acceptors (Lipinski definition) is 4. The van der Waals surface area contributed by atoms with Crippen molar-refractivity contribution in [3.8, 4) is 16.8 Å². The summed E-state index contributed by atoms with van der Waals surface area (Å²) in [5.74, 6) is 0. The Balaban J connectivity index is 1.43. The van der Waals surface area contributed by atoms with E-state index in [4.69, 9.17) is 0 Å². The van der Waals surface area contributed by atoms with Gasteiger partial charge in [-0.15, -0.1) is 0 Å². The highest BCUT2D eigenvalue weighted by Gasteiger charge is 2.32. The summed E-state index contributed by atoms with van der Waals surface area (Å²) in [6, 6.07) is 10.4. The van der Waals surface area contributed by atoms with Crippen LogP contribution in [-0.2, 0) is 12.7 Å². The first-order valence-electron chi connectivity index (χ1n) is 10.2. The van der Waals surface area contributed by atoms with Crippen molar-refractivity contribution < 1.29 is 13.2 Å². The fourth-order valence-corrected chi connectivity index (χ4v) is 4.03. The van der Waals surface area contributed by atoms with Crippen molar-refractivity contribution in [3.05, 3.63) is 72.4 Å². The molecule has 0 N–H and O–H groups in total. The molecule has 0 unspecified atom stereocenters. The van der Waals surface area contributed by atoms with Gasteiger partial charge < -0.3 is 0 Å². The molecule has 4 heterocycles. The molecule has 5 rings (SSSR count). The van der Waals surface area contributed by atoms with Crippen LogP contribution in [0.3, 0.4) is 0 Å². The van der Waals surface area contributed by atoms with Crippen LogP contribution in [0.4, 0.5) is 13.2 Å². The van der Waals surface area contributed by atoms with Gasteiger partial charge in [-0.1, -0.05) is 6.07 Å². The Bertz CT molecular complexity index is 1210. The zero-order chi connectivity index (χ0) is 21.4. The molecular formula is C23H20F3N5. The van der Waals surface area contributed by atoms with E-state index in [0.29, 0.717) is 5.69 Å². The van der Waals surface area contributed by atoms with Gasteiger partial charge in [-0.05, 0) is 67.4 Å². The molecule has 0 amide bonds. The number of halogens is 3. The van der Waals surface area contributed by atoms with Crippen LogP contribution >= 0.6 is 0 Å². The van der Waals surface area contributed by atoms with Crippen LogP contribution in [0.1, 0.15) is 24.1 Å². The molecule has 0 spiro atoms. The molecule has 0 aliphatic carbocycles. The first-order chi connectivity index (χ1) is 15.0. The minimum Gasteiger partial charge on any atom is -0.299 e. The fourth-order valence-electron chi connectivity index (χ4n) is 4.03. The molecule has 0 radical (unpaired) electrons. The van der Waals surface area contributed by atoms with Crippen molar-refractivity contribution in [2.24, 2.45) is 0 Å². The summed E-state index contributed by atoms with van der Waals surface area (Å²) in [6.07, 6.45) is 4.70. The predicted molar refractivity (Wildman–Crippen MR) is 112 cm³/mol. The second kappa shape index (κ2) is 7.77. The molecule has 0 atom stereocenters. The van der Waals surface area contributed by atoms with Crippen LogP contribution < -0.4 is 0 Å². The Labute approximate surface area is 177 Å². The van der Waals surface area contributed by atoms with E-state index in [0.717, 1.165) is 47.7 Å². The second-order valence-electron chi connectivity index (χ2n) is 7.79. The monoisotopic (exact) mass is 423 g/mol. The first-order valence-corrected chi connectivity index (χ1v) is 10.2. The number of aromatic nitrogens is 4. The summed E-state index contributed by atoms with van der Waals surface area (Å²) in [5, 5.41) is 5.24. The number of hydrogen-bond donors (Lipinski definition) is 0. The smallest absolute Gasteiger partial charge is 0.299 e. The summed E-state index contributed by atoms with van der Waals surface area (Å²) >= 11 is 0. The highest BCUT2D eigenvalue weighted by Crippen LogP contribution is 2.29. The lowest BCUT2D eigenvalue weighted by molar-refractivity contribution is -0.141. The van der Waals surface area contributed by atoms with Gasteiger partial charge in [0.2, 0.25) is 0 Å². The molecule has 158 valence electrons. The van der Waals surface area contributed by atoms with Crippen molar-refractivity contribution in [1.29, 1.82) is 0 Å². The molecule has 4 aromatic rings. The van der Waals surface area contributed by atoms with Crippen molar-refractivity contribution >= 4 is 10.9 Å². The largest absolute Gasteiger partial charge is 0.433 e. The van der Waals surface area contributed by atoms with Crippen molar-refractivity contribution in [3.63, 3.8) is 0 Å². The molecule has 1 fully saturated rings. The normalized spacial score (nSPS) is 15.1. The summed E-state index contributed by atoms with van der Waals surface area (Å²) in [6.45, 7) is 3.17. The number of benzene rings is 1. The molecule has 1 aromatic carbocycles. The number of likely N-dealkylation sites (tertiary alicyclic amines) is 1. The Kier molecular flexibility index (Phi) is 4.94. The Morgan fingerprint density at radius 3 is 2.45 bits per heavy atom. The van der Waals surface area contributed by atoms with E-state index in [-0.39, 0.29) is 0 Å². The average molecular weight is 423 g/mol. The summed E-state index contributed by atoms with van der Waals surface area (Å²) in [5.41, 5.74) is 3.59. The van der Waals surface area contributed by atoms with Crippen molar-refractivity contribution in [2.45, 2.75) is 25.6 Å².